The Labute approximate surface area is 210 Å². The summed E-state index contributed by atoms with van der Waals surface area (Å²) in [6.07, 6.45) is 9.80. The molecule has 0 aromatic rings. The van der Waals surface area contributed by atoms with Crippen LogP contribution in [-0.4, -0.2) is 66.0 Å². The molecule has 0 amide bonds. The summed E-state index contributed by atoms with van der Waals surface area (Å²) in [5.41, 5.74) is 5.50. The normalized spacial score (nSPS) is 59.9. The molecule has 7 nitrogen and oxygen atoms in total. The molecule has 0 bridgehead atoms. The Morgan fingerprint density at radius 3 is 2.51 bits per heavy atom. The van der Waals surface area contributed by atoms with Crippen molar-refractivity contribution in [3.8, 4) is 0 Å². The van der Waals surface area contributed by atoms with E-state index in [1.165, 1.54) is 0 Å². The molecular weight excluding hydrogens is 446 g/mol. The van der Waals surface area contributed by atoms with Gasteiger partial charge in [0, 0.05) is 24.9 Å². The first kappa shape index (κ1) is 25.0. The molecule has 4 N–H and O–H groups in total. The molecule has 0 aromatic heterocycles. The van der Waals surface area contributed by atoms with E-state index >= 15 is 0 Å². The minimum absolute atomic E-state index is 0.0288. The summed E-state index contributed by atoms with van der Waals surface area (Å²) < 4.78 is 24.2. The summed E-state index contributed by atoms with van der Waals surface area (Å²) in [5, 5.41) is 23.2. The van der Waals surface area contributed by atoms with Gasteiger partial charge in [-0.05, 0) is 94.8 Å². The van der Waals surface area contributed by atoms with Crippen LogP contribution >= 0.6 is 0 Å². The zero-order chi connectivity index (χ0) is 24.8. The van der Waals surface area contributed by atoms with Gasteiger partial charge in [0.2, 0.25) is 0 Å². The zero-order valence-corrected chi connectivity index (χ0v) is 22.1. The lowest BCUT2D eigenvalue weighted by Gasteiger charge is -2.63. The summed E-state index contributed by atoms with van der Waals surface area (Å²) in [6.45, 7) is 6.82. The highest BCUT2D eigenvalue weighted by Gasteiger charge is 2.74. The summed E-state index contributed by atoms with van der Waals surface area (Å²) in [7, 11) is 1.72. The second-order valence-electron chi connectivity index (χ2n) is 13.4. The predicted octanol–water partition coefficient (Wildman–Crippen LogP) is 3.34. The van der Waals surface area contributed by atoms with Gasteiger partial charge in [-0.1, -0.05) is 6.92 Å². The number of fused-ring (bicyclic) bond motifs is 4. The SMILES string of the molecule is COC1CC(OC2CCC3(C)C(CCC4C3CCC35COC(C)(O)C3CCC45O)C2)OC(C)C1N. The lowest BCUT2D eigenvalue weighted by Crippen LogP contribution is -2.63. The molecule has 4 aliphatic carbocycles. The van der Waals surface area contributed by atoms with E-state index in [9.17, 15) is 10.2 Å². The number of methoxy groups -OCH3 is 1. The maximum absolute atomic E-state index is 12.3. The van der Waals surface area contributed by atoms with Gasteiger partial charge in [0.1, 0.15) is 0 Å². The first-order chi connectivity index (χ1) is 16.5. The van der Waals surface area contributed by atoms with Crippen molar-refractivity contribution in [1.82, 2.24) is 0 Å². The molecule has 2 saturated heterocycles. The Hall–Kier alpha value is -0.280. The van der Waals surface area contributed by atoms with Gasteiger partial charge in [0.05, 0.1) is 36.6 Å². The van der Waals surface area contributed by atoms with Gasteiger partial charge in [-0.25, -0.2) is 0 Å². The Morgan fingerprint density at radius 2 is 1.74 bits per heavy atom. The molecular formula is C28H47NO6. The monoisotopic (exact) mass is 493 g/mol. The van der Waals surface area contributed by atoms with Crippen LogP contribution in [0.4, 0.5) is 0 Å². The van der Waals surface area contributed by atoms with Crippen LogP contribution in [0.1, 0.15) is 85.0 Å². The molecule has 6 aliphatic rings. The molecule has 7 heteroatoms. The van der Waals surface area contributed by atoms with E-state index in [2.05, 4.69) is 6.92 Å². The summed E-state index contributed by atoms with van der Waals surface area (Å²) in [5.74, 6) is 0.408. The van der Waals surface area contributed by atoms with Crippen molar-refractivity contribution in [2.45, 2.75) is 127 Å². The number of ether oxygens (including phenoxy) is 4. The Bertz CT molecular complexity index is 823. The van der Waals surface area contributed by atoms with E-state index in [1.807, 2.05) is 13.8 Å². The van der Waals surface area contributed by atoms with E-state index < -0.39 is 11.4 Å². The number of rotatable bonds is 3. The van der Waals surface area contributed by atoms with Crippen molar-refractivity contribution in [2.24, 2.45) is 40.2 Å². The average Bonchev–Trinajstić information content (AvgIpc) is 3.28. The van der Waals surface area contributed by atoms with E-state index in [0.717, 1.165) is 57.8 Å². The standard InChI is InChI=1S/C28H47NO6/c1-16-24(29)21(32-4)14-23(34-16)35-18-7-10-25(2)17(13-18)5-6-20-19(25)8-11-27-15-33-26(3,30)22(27)9-12-28(20,27)31/h16-24,30-31H,5-15,29H2,1-4H3. The molecule has 6 fully saturated rings. The fraction of sp³-hybridized carbons (Fsp3) is 1.00. The smallest absolute Gasteiger partial charge is 0.166 e. The third-order valence-corrected chi connectivity index (χ3v) is 12.2. The summed E-state index contributed by atoms with van der Waals surface area (Å²) in [4.78, 5) is 0. The van der Waals surface area contributed by atoms with E-state index in [0.29, 0.717) is 30.8 Å². The van der Waals surface area contributed by atoms with Crippen LogP contribution in [0.25, 0.3) is 0 Å². The lowest BCUT2D eigenvalue weighted by molar-refractivity contribution is -0.255. The van der Waals surface area contributed by atoms with Crippen LogP contribution in [0, 0.1) is 34.5 Å². The Balaban J connectivity index is 1.15. The van der Waals surface area contributed by atoms with Crippen LogP contribution in [0.3, 0.4) is 0 Å². The van der Waals surface area contributed by atoms with Crippen LogP contribution in [-0.2, 0) is 18.9 Å². The second-order valence-corrected chi connectivity index (χ2v) is 13.4. The minimum Gasteiger partial charge on any atom is -0.389 e. The van der Waals surface area contributed by atoms with E-state index in [4.69, 9.17) is 24.7 Å². The largest absolute Gasteiger partial charge is 0.389 e. The van der Waals surface area contributed by atoms with Crippen molar-refractivity contribution in [3.05, 3.63) is 0 Å². The fourth-order valence-corrected chi connectivity index (χ4v) is 10.2. The van der Waals surface area contributed by atoms with Gasteiger partial charge in [-0.3, -0.25) is 0 Å². The third-order valence-electron chi connectivity index (χ3n) is 12.2. The molecule has 200 valence electrons. The van der Waals surface area contributed by atoms with E-state index in [-0.39, 0.29) is 47.4 Å². The van der Waals surface area contributed by atoms with Crippen molar-refractivity contribution in [3.63, 3.8) is 0 Å². The van der Waals surface area contributed by atoms with Gasteiger partial charge in [0.25, 0.3) is 0 Å². The first-order valence-corrected chi connectivity index (χ1v) is 14.2. The molecule has 0 aromatic carbocycles. The highest BCUT2D eigenvalue weighted by atomic mass is 16.7. The molecule has 2 heterocycles. The molecule has 1 spiro atoms. The van der Waals surface area contributed by atoms with Crippen molar-refractivity contribution in [2.75, 3.05) is 13.7 Å². The maximum atomic E-state index is 12.3. The van der Waals surface area contributed by atoms with Crippen LogP contribution in [0.15, 0.2) is 0 Å². The van der Waals surface area contributed by atoms with Gasteiger partial charge in [-0.15, -0.1) is 0 Å². The Morgan fingerprint density at radius 1 is 0.943 bits per heavy atom. The minimum atomic E-state index is -1.10. The second kappa shape index (κ2) is 8.36. The molecule has 4 saturated carbocycles. The lowest BCUT2D eigenvalue weighted by atomic mass is 9.43. The van der Waals surface area contributed by atoms with Crippen LogP contribution in [0.5, 0.6) is 0 Å². The molecule has 13 unspecified atom stereocenters. The van der Waals surface area contributed by atoms with Crippen LogP contribution < -0.4 is 5.73 Å². The topological polar surface area (TPSA) is 103 Å². The van der Waals surface area contributed by atoms with E-state index in [1.54, 1.807) is 7.11 Å². The highest BCUT2D eigenvalue weighted by Crippen LogP contribution is 2.72. The number of hydrogen-bond donors (Lipinski definition) is 3. The average molecular weight is 494 g/mol. The fourth-order valence-electron chi connectivity index (χ4n) is 10.2. The molecule has 0 radical (unpaired) electrons. The number of hydrogen-bond acceptors (Lipinski definition) is 7. The molecule has 2 aliphatic heterocycles. The molecule has 13 atom stereocenters. The van der Waals surface area contributed by atoms with Gasteiger partial charge < -0.3 is 34.9 Å². The zero-order valence-electron chi connectivity index (χ0n) is 22.1. The van der Waals surface area contributed by atoms with Crippen molar-refractivity contribution < 1.29 is 29.2 Å². The molecule has 6 rings (SSSR count). The quantitative estimate of drug-likeness (QED) is 0.518. The number of aliphatic hydroxyl groups is 2. The maximum Gasteiger partial charge on any atom is 0.166 e. The van der Waals surface area contributed by atoms with Crippen molar-refractivity contribution >= 4 is 0 Å². The van der Waals surface area contributed by atoms with Gasteiger partial charge >= 0.3 is 0 Å². The number of nitrogens with two attached hydrogens (primary N) is 1. The molecule has 35 heavy (non-hydrogen) atoms. The Kier molecular flexibility index (Phi) is 5.98. The third kappa shape index (κ3) is 3.48. The predicted molar refractivity (Wildman–Crippen MR) is 130 cm³/mol. The van der Waals surface area contributed by atoms with Gasteiger partial charge in [-0.2, -0.15) is 0 Å². The van der Waals surface area contributed by atoms with Gasteiger partial charge in [0.15, 0.2) is 12.1 Å². The van der Waals surface area contributed by atoms with Crippen molar-refractivity contribution in [1.29, 1.82) is 0 Å². The summed E-state index contributed by atoms with van der Waals surface area (Å²) >= 11 is 0. The van der Waals surface area contributed by atoms with Crippen LogP contribution in [0.2, 0.25) is 0 Å². The highest BCUT2D eigenvalue weighted by molar-refractivity contribution is 5.21. The first-order valence-electron chi connectivity index (χ1n) is 14.2. The summed E-state index contributed by atoms with van der Waals surface area (Å²) in [6, 6.07) is -0.116.